The van der Waals surface area contributed by atoms with E-state index in [2.05, 4.69) is 31.9 Å². The number of epoxide rings is 2. The number of morpholine rings is 1. The van der Waals surface area contributed by atoms with Gasteiger partial charge in [0.2, 0.25) is 35.4 Å². The molecule has 32 nitrogen and oxygen atoms in total. The Bertz CT molecular complexity index is 5410. The van der Waals surface area contributed by atoms with Gasteiger partial charge in [-0.05, 0) is 205 Å². The van der Waals surface area contributed by atoms with Crippen LogP contribution in [0.3, 0.4) is 0 Å². The highest BCUT2D eigenvalue weighted by Crippen LogP contribution is 2.48. The maximum absolute atomic E-state index is 13.7. The minimum atomic E-state index is -1.22. The van der Waals surface area contributed by atoms with Crippen LogP contribution in [0.15, 0.2) is 218 Å². The lowest BCUT2D eigenvalue weighted by molar-refractivity contribution is -0.136. The largest absolute Gasteiger partial charge is 0.497 e. The predicted octanol–water partition coefficient (Wildman–Crippen LogP) is 6.86. The number of carbonyl (C=O) groups is 12. The second-order valence-electron chi connectivity index (χ2n) is 39.3. The number of aliphatic hydroxyl groups is 3. The molecule has 3 saturated heterocycles. The monoisotopic (exact) mass is 1970 g/mol. The van der Waals surface area contributed by atoms with Gasteiger partial charge in [0, 0.05) is 54.9 Å². The Morgan fingerprint density at radius 1 is 0.392 bits per heavy atom. The molecule has 3 aliphatic carbocycles. The number of nitrogens with one attached hydrogen (secondary N) is 6. The fourth-order valence-corrected chi connectivity index (χ4v) is 16.9. The number of nitrogens with two attached hydrogens (primary N) is 2. The molecule has 14 atom stereocenters. The zero-order valence-electron chi connectivity index (χ0n) is 83.6. The molecule has 0 aromatic heterocycles. The first-order valence-electron chi connectivity index (χ1n) is 48.7. The van der Waals surface area contributed by atoms with Gasteiger partial charge in [0.25, 0.3) is 0 Å². The molecule has 6 amide bonds. The Morgan fingerprint density at radius 2 is 0.685 bits per heavy atom. The molecule has 0 spiro atoms. The molecule has 3 saturated carbocycles. The molecule has 13 N–H and O–H groups in total. The van der Waals surface area contributed by atoms with Crippen LogP contribution < -0.4 is 62.3 Å². The van der Waals surface area contributed by atoms with Gasteiger partial charge in [-0.1, -0.05) is 184 Å². The van der Waals surface area contributed by atoms with Crippen molar-refractivity contribution in [3.05, 3.63) is 263 Å². The van der Waals surface area contributed by atoms with E-state index in [0.29, 0.717) is 94.3 Å². The quantitative estimate of drug-likeness (QED) is 0.0173. The molecule has 143 heavy (non-hydrogen) atoms. The fourth-order valence-electron chi connectivity index (χ4n) is 16.9. The van der Waals surface area contributed by atoms with Gasteiger partial charge < -0.3 is 91.8 Å². The number of likely N-dealkylation sites (N-methyl/N-ethyl adjacent to an activating group) is 2. The lowest BCUT2D eigenvalue weighted by Crippen LogP contribution is -2.58. The van der Waals surface area contributed by atoms with Crippen LogP contribution in [0.1, 0.15) is 124 Å². The van der Waals surface area contributed by atoms with E-state index in [4.69, 9.17) is 44.6 Å². The van der Waals surface area contributed by atoms with E-state index >= 15 is 0 Å². The van der Waals surface area contributed by atoms with Crippen molar-refractivity contribution in [2.75, 3.05) is 95.8 Å². The van der Waals surface area contributed by atoms with E-state index in [1.54, 1.807) is 97.7 Å². The van der Waals surface area contributed by atoms with E-state index in [9.17, 15) is 72.9 Å². The molecule has 14 rings (SSSR count). The molecule has 8 aromatic carbocycles. The van der Waals surface area contributed by atoms with Gasteiger partial charge in [0.05, 0.1) is 110 Å². The summed E-state index contributed by atoms with van der Waals surface area (Å²) in [6.45, 7) is 8.58. The molecule has 3 aliphatic heterocycles. The minimum absolute atomic E-state index is 0.00165. The third-order valence-electron chi connectivity index (χ3n) is 27.5. The first-order chi connectivity index (χ1) is 68.3. The average molecular weight is 1970 g/mol. The number of carbonyl (C=O) groups excluding carboxylic acids is 12. The van der Waals surface area contributed by atoms with Crippen LogP contribution in [0.25, 0.3) is 0 Å². The van der Waals surface area contributed by atoms with Crippen molar-refractivity contribution in [2.45, 2.75) is 208 Å². The first-order valence-corrected chi connectivity index (χ1v) is 48.7. The molecule has 0 unspecified atom stereocenters. The van der Waals surface area contributed by atoms with Crippen LogP contribution in [0.5, 0.6) is 23.0 Å². The molecule has 0 radical (unpaired) electrons. The second kappa shape index (κ2) is 51.6. The Balaban J connectivity index is 0.000000182. The Kier molecular flexibility index (Phi) is 39.9. The Morgan fingerprint density at radius 3 is 0.979 bits per heavy atom. The summed E-state index contributed by atoms with van der Waals surface area (Å²) in [4.78, 5) is 162. The van der Waals surface area contributed by atoms with Crippen molar-refractivity contribution in [1.29, 1.82) is 0 Å². The van der Waals surface area contributed by atoms with Gasteiger partial charge in [0.15, 0.2) is 34.7 Å². The minimum Gasteiger partial charge on any atom is -0.497 e. The number of hydrogen-bond donors (Lipinski definition) is 11. The molecule has 766 valence electrons. The molecule has 0 bridgehead atoms. The zero-order chi connectivity index (χ0) is 103. The SMILES string of the molecule is COc1ccc(C[C@H](CC(=O)[C@H](CO)N(C)C)C(=O)N[C@@H](Cc2ccccc2)C(=O)[C@@]2(C)CO2)cc1.COc1ccc(C[C@H](CC(=O)[C@H](N)CO)C(=O)N[C@@H](Cc2ccccc2)C(=O)[C@@]2(C)CO2)cc1.COc1ccc(C[C@H](NC(=O)[C@@H](N)C2(O)CC2)C(=O)N[C@@H](Cc2ccccc2)C(=O)C2(C)CC2)cc1.COc1ccc(C[C@H](NC(=O)[C@@H]2COCCN2C)C(=O)N[C@@H](Cc2ccccc2)C(=O)C2(C)CC2)cc1. The number of amides is 6. The summed E-state index contributed by atoms with van der Waals surface area (Å²) >= 11 is 0. The van der Waals surface area contributed by atoms with E-state index in [0.717, 1.165) is 70.2 Å². The average Bonchev–Trinajstić information content (AvgIpc) is 1.65. The smallest absolute Gasteiger partial charge is 0.243 e. The molecular formula is C111H140N10O22. The summed E-state index contributed by atoms with van der Waals surface area (Å²) < 4.78 is 37.1. The molecule has 32 heteroatoms. The molecule has 3 heterocycles. The molecule has 6 aliphatic rings. The lowest BCUT2D eigenvalue weighted by Gasteiger charge is -2.32. The summed E-state index contributed by atoms with van der Waals surface area (Å²) in [5.41, 5.74) is 14.9. The highest BCUT2D eigenvalue weighted by molar-refractivity contribution is 6.01. The topological polar surface area (TPSA) is 467 Å². The van der Waals surface area contributed by atoms with Gasteiger partial charge >= 0.3 is 0 Å². The van der Waals surface area contributed by atoms with Crippen molar-refractivity contribution in [3.8, 4) is 23.0 Å². The van der Waals surface area contributed by atoms with Crippen LogP contribution in [0.4, 0.5) is 0 Å². The van der Waals surface area contributed by atoms with Crippen molar-refractivity contribution in [3.63, 3.8) is 0 Å². The van der Waals surface area contributed by atoms with Crippen molar-refractivity contribution < 1.29 is 106 Å². The molecule has 6 fully saturated rings. The van der Waals surface area contributed by atoms with Crippen LogP contribution >= 0.6 is 0 Å². The van der Waals surface area contributed by atoms with E-state index in [1.165, 1.54) is 0 Å². The van der Waals surface area contributed by atoms with Crippen molar-refractivity contribution in [1.82, 2.24) is 41.7 Å². The molecular weight excluding hydrogens is 1830 g/mol. The van der Waals surface area contributed by atoms with E-state index < -0.39 is 130 Å². The van der Waals surface area contributed by atoms with Crippen LogP contribution in [0, 0.1) is 22.7 Å². The van der Waals surface area contributed by atoms with Crippen molar-refractivity contribution >= 4 is 70.1 Å². The van der Waals surface area contributed by atoms with Gasteiger partial charge in [-0.2, -0.15) is 0 Å². The van der Waals surface area contributed by atoms with Gasteiger partial charge in [-0.15, -0.1) is 0 Å². The second-order valence-corrected chi connectivity index (χ2v) is 39.3. The van der Waals surface area contributed by atoms with Crippen LogP contribution in [-0.2, 0) is 123 Å². The number of hydrogen-bond acceptors (Lipinski definition) is 26. The number of aliphatic hydroxyl groups excluding tert-OH is 2. The maximum atomic E-state index is 13.7. The normalized spacial score (nSPS) is 19.6. The lowest BCUT2D eigenvalue weighted by atomic mass is 9.89. The van der Waals surface area contributed by atoms with Gasteiger partial charge in [-0.25, -0.2) is 0 Å². The summed E-state index contributed by atoms with van der Waals surface area (Å²) in [5.74, 6) is -2.25. The predicted molar refractivity (Wildman–Crippen MR) is 538 cm³/mol. The fraction of sp³-hybridized carbons (Fsp3) is 0.459. The first kappa shape index (κ1) is 111. The highest BCUT2D eigenvalue weighted by Gasteiger charge is 2.54. The number of methoxy groups -OCH3 is 4. The van der Waals surface area contributed by atoms with E-state index in [1.807, 2.05) is 208 Å². The Hall–Kier alpha value is -12.6. The zero-order valence-corrected chi connectivity index (χ0v) is 83.6. The highest BCUT2D eigenvalue weighted by atomic mass is 16.6. The summed E-state index contributed by atoms with van der Waals surface area (Å²) in [7, 11) is 11.6. The number of ketones is 6. The third-order valence-corrected chi connectivity index (χ3v) is 27.5. The summed E-state index contributed by atoms with van der Waals surface area (Å²) in [6.07, 6.45) is 6.36. The number of ether oxygens (including phenoxy) is 7. The number of nitrogens with zero attached hydrogens (tertiary/aromatic N) is 2. The Labute approximate surface area is 836 Å². The number of Topliss-reactive ketones (excluding diaryl/α,β-unsaturated/α-hetero) is 6. The summed E-state index contributed by atoms with van der Waals surface area (Å²) in [5, 5.41) is 46.7. The van der Waals surface area contributed by atoms with Gasteiger partial charge in [0.1, 0.15) is 58.4 Å². The standard InChI is InChI=1S/C29H37N3O5.C28H35N3O5.C28H36N2O6.C26H32N2O6/c1-29(13-14-29)26(33)23(17-20-7-5-4-6-8-20)30-27(34)24(18-21-9-11-22(36-3)12-10-21)31-28(35)25-19-37-16-15-32(25)2;1-27(12-13-27)24(32)21(16-18-6-4-3-5-7-18)30-25(33)22(17-19-8-10-20(36-2)11-9-19)31-26(34)23(29)28(35)14-15-28;1-28(18-36-28)26(33)23(15-19-8-6-5-7-9-19)29-27(34)21(16-25(32)24(17-31)30(2)3)14-20-10-12-22(35-4)13-11-20;1-26(16-34-26)24(31)22(13-17-6-4-3-5-7-17)28-25(32)19(14-23(30)21(27)15-29)12-18-8-10-20(33-2)11-9-18/h4-12,23-25H,13-19H2,1-3H3,(H,30,34)(H,31,35);3-11,21-23,35H,12-17,29H2,1-2H3,(H,30,33)(H,31,34);5-13,21,23-24,31H,14-18H2,1-4H3,(H,29,34);3-11,19,21-22,29H,12-16,27H2,1-2H3,(H,28,32)/t23-,24-,25-;21-,22-,23+;21-,23+,24+,28-;19-,21-,22+,26-/m0011/s1. The maximum Gasteiger partial charge on any atom is 0.243 e. The number of benzene rings is 8. The van der Waals surface area contributed by atoms with Crippen molar-refractivity contribution in [2.24, 2.45) is 34.1 Å². The van der Waals surface area contributed by atoms with Crippen LogP contribution in [-0.4, -0.2) is 268 Å². The number of rotatable bonds is 50. The molecule has 8 aromatic rings. The van der Waals surface area contributed by atoms with Gasteiger partial charge in [-0.3, -0.25) is 67.3 Å². The third kappa shape index (κ3) is 32.7. The summed E-state index contributed by atoms with van der Waals surface area (Å²) in [6, 6.07) is 59.0. The van der Waals surface area contributed by atoms with Crippen LogP contribution in [0.2, 0.25) is 0 Å². The van der Waals surface area contributed by atoms with E-state index in [-0.39, 0.29) is 92.0 Å².